The van der Waals surface area contributed by atoms with Crippen LogP contribution in [0.15, 0.2) is 48.5 Å². The fourth-order valence-electron chi connectivity index (χ4n) is 2.43. The number of carbonyl (C=O) groups excluding carboxylic acids is 1. The van der Waals surface area contributed by atoms with Gasteiger partial charge in [-0.3, -0.25) is 4.79 Å². The lowest BCUT2D eigenvalue weighted by molar-refractivity contribution is -0.274. The van der Waals surface area contributed by atoms with E-state index in [1.54, 1.807) is 12.1 Å². The third-order valence-corrected chi connectivity index (χ3v) is 3.80. The zero-order valence-corrected chi connectivity index (χ0v) is 14.8. The van der Waals surface area contributed by atoms with Crippen LogP contribution in [0.4, 0.5) is 13.2 Å². The van der Waals surface area contributed by atoms with Crippen molar-refractivity contribution in [3.05, 3.63) is 59.7 Å². The van der Waals surface area contributed by atoms with Gasteiger partial charge >= 0.3 is 12.3 Å². The second kappa shape index (κ2) is 9.12. The summed E-state index contributed by atoms with van der Waals surface area (Å²) >= 11 is 0. The van der Waals surface area contributed by atoms with Gasteiger partial charge in [-0.25, -0.2) is 4.79 Å². The summed E-state index contributed by atoms with van der Waals surface area (Å²) in [7, 11) is 1.48. The average molecular weight is 397 g/mol. The summed E-state index contributed by atoms with van der Waals surface area (Å²) in [5, 5.41) is 11.8. The van der Waals surface area contributed by atoms with Crippen LogP contribution < -0.4 is 14.8 Å². The molecule has 0 aliphatic heterocycles. The highest BCUT2D eigenvalue weighted by molar-refractivity contribution is 5.84. The molecule has 0 saturated carbocycles. The number of carbonyl (C=O) groups is 2. The topological polar surface area (TPSA) is 84.9 Å². The number of aliphatic carboxylic acids is 1. The highest BCUT2D eigenvalue weighted by Crippen LogP contribution is 2.23. The van der Waals surface area contributed by atoms with E-state index < -0.39 is 24.3 Å². The molecule has 1 amide bonds. The van der Waals surface area contributed by atoms with E-state index in [-0.39, 0.29) is 18.6 Å². The van der Waals surface area contributed by atoms with Gasteiger partial charge in [0.1, 0.15) is 11.5 Å². The molecular weight excluding hydrogens is 379 g/mol. The minimum Gasteiger partial charge on any atom is -0.497 e. The van der Waals surface area contributed by atoms with Crippen molar-refractivity contribution in [1.29, 1.82) is 0 Å². The smallest absolute Gasteiger partial charge is 0.497 e. The van der Waals surface area contributed by atoms with E-state index in [0.29, 0.717) is 16.9 Å². The molecule has 2 rings (SSSR count). The maximum Gasteiger partial charge on any atom is 0.573 e. The van der Waals surface area contributed by atoms with Crippen LogP contribution >= 0.6 is 0 Å². The normalized spacial score (nSPS) is 12.1. The van der Waals surface area contributed by atoms with E-state index in [2.05, 4.69) is 10.1 Å². The molecule has 0 aliphatic carbocycles. The first kappa shape index (κ1) is 21.1. The van der Waals surface area contributed by atoms with Crippen molar-refractivity contribution < 1.29 is 37.3 Å². The minimum absolute atomic E-state index is 0.0284. The van der Waals surface area contributed by atoms with Gasteiger partial charge in [0.15, 0.2) is 6.04 Å². The molecule has 0 fully saturated rings. The van der Waals surface area contributed by atoms with E-state index in [0.717, 1.165) is 12.1 Å². The molecule has 2 aromatic rings. The SMILES string of the molecule is COc1ccc(C(NC(=O)CCc2ccc(OC(F)(F)F)cc2)C(=O)O)cc1. The third-order valence-electron chi connectivity index (χ3n) is 3.80. The largest absolute Gasteiger partial charge is 0.573 e. The molecule has 2 aromatic carbocycles. The molecule has 9 heteroatoms. The summed E-state index contributed by atoms with van der Waals surface area (Å²) in [5.41, 5.74) is 0.997. The Hall–Kier alpha value is -3.23. The molecule has 0 spiro atoms. The Kier molecular flexibility index (Phi) is 6.86. The van der Waals surface area contributed by atoms with Crippen molar-refractivity contribution in [2.24, 2.45) is 0 Å². The van der Waals surface area contributed by atoms with Gasteiger partial charge in [-0.1, -0.05) is 24.3 Å². The zero-order valence-electron chi connectivity index (χ0n) is 14.8. The number of carboxylic acids is 1. The van der Waals surface area contributed by atoms with Crippen LogP contribution in [-0.4, -0.2) is 30.5 Å². The van der Waals surface area contributed by atoms with Gasteiger partial charge in [0, 0.05) is 6.42 Å². The summed E-state index contributed by atoms with van der Waals surface area (Å²) in [6.07, 6.45) is -4.57. The van der Waals surface area contributed by atoms with Crippen molar-refractivity contribution in [2.45, 2.75) is 25.2 Å². The lowest BCUT2D eigenvalue weighted by Gasteiger charge is -2.15. The Morgan fingerprint density at radius 3 is 2.11 bits per heavy atom. The first-order valence-corrected chi connectivity index (χ1v) is 8.19. The number of amides is 1. The van der Waals surface area contributed by atoms with Crippen LogP contribution in [0.2, 0.25) is 0 Å². The van der Waals surface area contributed by atoms with Gasteiger partial charge < -0.3 is 19.9 Å². The quantitative estimate of drug-likeness (QED) is 0.713. The van der Waals surface area contributed by atoms with E-state index in [1.807, 2.05) is 0 Å². The zero-order chi connectivity index (χ0) is 20.7. The van der Waals surface area contributed by atoms with Crippen LogP contribution in [-0.2, 0) is 16.0 Å². The van der Waals surface area contributed by atoms with Crippen LogP contribution in [0.5, 0.6) is 11.5 Å². The monoisotopic (exact) mass is 397 g/mol. The Labute approximate surface area is 158 Å². The summed E-state index contributed by atoms with van der Waals surface area (Å²) in [6, 6.07) is 10.1. The summed E-state index contributed by atoms with van der Waals surface area (Å²) in [4.78, 5) is 23.6. The fourth-order valence-corrected chi connectivity index (χ4v) is 2.43. The number of methoxy groups -OCH3 is 1. The van der Waals surface area contributed by atoms with Gasteiger partial charge in [-0.15, -0.1) is 13.2 Å². The van der Waals surface area contributed by atoms with Crippen LogP contribution in [0.1, 0.15) is 23.6 Å². The Morgan fingerprint density at radius 2 is 1.61 bits per heavy atom. The lowest BCUT2D eigenvalue weighted by Crippen LogP contribution is -2.33. The number of rotatable bonds is 8. The first-order valence-electron chi connectivity index (χ1n) is 8.19. The number of benzene rings is 2. The van der Waals surface area contributed by atoms with E-state index in [9.17, 15) is 27.9 Å². The number of aryl methyl sites for hydroxylation is 1. The average Bonchev–Trinajstić information content (AvgIpc) is 2.64. The van der Waals surface area contributed by atoms with Gasteiger partial charge in [-0.2, -0.15) is 0 Å². The fraction of sp³-hybridized carbons (Fsp3) is 0.263. The van der Waals surface area contributed by atoms with Crippen molar-refractivity contribution in [3.8, 4) is 11.5 Å². The second-order valence-corrected chi connectivity index (χ2v) is 5.80. The standard InChI is InChI=1S/C19H18F3NO5/c1-27-14-9-5-13(6-10-14)17(18(25)26)23-16(24)11-4-12-2-7-15(8-3-12)28-19(20,21)22/h2-3,5-10,17H,4,11H2,1H3,(H,23,24)(H,25,26). The van der Waals surface area contributed by atoms with E-state index >= 15 is 0 Å². The van der Waals surface area contributed by atoms with Crippen LogP contribution in [0.3, 0.4) is 0 Å². The molecule has 0 aromatic heterocycles. The lowest BCUT2D eigenvalue weighted by atomic mass is 10.1. The molecule has 1 atom stereocenters. The predicted molar refractivity (Wildman–Crippen MR) is 93.0 cm³/mol. The maximum absolute atomic E-state index is 12.1. The number of hydrogen-bond donors (Lipinski definition) is 2. The maximum atomic E-state index is 12.1. The Morgan fingerprint density at radius 1 is 1.04 bits per heavy atom. The number of carboxylic acid groups (broad SMARTS) is 1. The predicted octanol–water partition coefficient (Wildman–Crippen LogP) is 3.47. The van der Waals surface area contributed by atoms with E-state index in [4.69, 9.17) is 4.74 Å². The molecule has 2 N–H and O–H groups in total. The van der Waals surface area contributed by atoms with Crippen molar-refractivity contribution in [1.82, 2.24) is 5.32 Å². The van der Waals surface area contributed by atoms with Crippen LogP contribution in [0.25, 0.3) is 0 Å². The van der Waals surface area contributed by atoms with Crippen molar-refractivity contribution in [2.75, 3.05) is 7.11 Å². The molecule has 6 nitrogen and oxygen atoms in total. The summed E-state index contributed by atoms with van der Waals surface area (Å²) in [6.45, 7) is 0. The molecule has 0 radical (unpaired) electrons. The molecule has 0 bridgehead atoms. The highest BCUT2D eigenvalue weighted by atomic mass is 19.4. The third kappa shape index (κ3) is 6.49. The number of nitrogens with one attached hydrogen (secondary N) is 1. The molecular formula is C19H18F3NO5. The van der Waals surface area contributed by atoms with Gasteiger partial charge in [-0.05, 0) is 41.8 Å². The minimum atomic E-state index is -4.77. The highest BCUT2D eigenvalue weighted by Gasteiger charge is 2.31. The summed E-state index contributed by atoms with van der Waals surface area (Å²) in [5.74, 6) is -1.52. The van der Waals surface area contributed by atoms with Crippen molar-refractivity contribution in [3.63, 3.8) is 0 Å². The Balaban J connectivity index is 1.93. The number of hydrogen-bond acceptors (Lipinski definition) is 4. The molecule has 150 valence electrons. The second-order valence-electron chi connectivity index (χ2n) is 5.80. The number of halogens is 3. The van der Waals surface area contributed by atoms with Crippen LogP contribution in [0, 0.1) is 0 Å². The number of alkyl halides is 3. The first-order chi connectivity index (χ1) is 13.2. The van der Waals surface area contributed by atoms with Gasteiger partial charge in [0.25, 0.3) is 0 Å². The molecule has 0 heterocycles. The van der Waals surface area contributed by atoms with Gasteiger partial charge in [0.2, 0.25) is 5.91 Å². The molecule has 1 unspecified atom stereocenters. The molecule has 0 saturated heterocycles. The molecule has 0 aliphatic rings. The molecule has 28 heavy (non-hydrogen) atoms. The summed E-state index contributed by atoms with van der Waals surface area (Å²) < 4.78 is 45.2. The Bertz CT molecular complexity index is 804. The van der Waals surface area contributed by atoms with Gasteiger partial charge in [0.05, 0.1) is 7.11 Å². The van der Waals surface area contributed by atoms with E-state index in [1.165, 1.54) is 31.4 Å². The van der Waals surface area contributed by atoms with Crippen molar-refractivity contribution >= 4 is 11.9 Å². The number of ether oxygens (including phenoxy) is 2.